The molecule has 0 bridgehead atoms. The fraction of sp³-hybridized carbons (Fsp3) is 0.462. The first kappa shape index (κ1) is 13.7. The second-order valence-corrected chi connectivity index (χ2v) is 4.42. The molecule has 1 heterocycles. The monoisotopic (exact) mass is 271 g/mol. The van der Waals surface area contributed by atoms with Crippen molar-refractivity contribution in [1.82, 2.24) is 4.90 Å². The molecule has 4 nitrogen and oxygen atoms in total. The average molecular weight is 271 g/mol. The Morgan fingerprint density at radius 1 is 1.42 bits per heavy atom. The lowest BCUT2D eigenvalue weighted by molar-refractivity contribution is -0.0503. The fourth-order valence-electron chi connectivity index (χ4n) is 2.15. The third kappa shape index (κ3) is 3.41. The van der Waals surface area contributed by atoms with Crippen molar-refractivity contribution < 1.29 is 23.4 Å². The highest BCUT2D eigenvalue weighted by Gasteiger charge is 2.25. The number of likely N-dealkylation sites (tertiary alicyclic amines) is 1. The lowest BCUT2D eigenvalue weighted by atomic mass is 10.1. The molecule has 1 fully saturated rings. The third-order valence-electron chi connectivity index (χ3n) is 3.02. The Balaban J connectivity index is 2.18. The molecule has 2 rings (SSSR count). The summed E-state index contributed by atoms with van der Waals surface area (Å²) < 4.78 is 28.9. The second kappa shape index (κ2) is 5.97. The number of nitrogens with zero attached hydrogens (tertiary/aromatic N) is 1. The van der Waals surface area contributed by atoms with E-state index in [-0.39, 0.29) is 17.9 Å². The molecule has 1 saturated heterocycles. The number of hydrogen-bond donors (Lipinski definition) is 1. The van der Waals surface area contributed by atoms with Crippen molar-refractivity contribution >= 4 is 5.91 Å². The maximum absolute atomic E-state index is 12.3. The summed E-state index contributed by atoms with van der Waals surface area (Å²) in [5.41, 5.74) is 0.0944. The van der Waals surface area contributed by atoms with Gasteiger partial charge in [0.05, 0.1) is 11.7 Å². The number of benzene rings is 1. The van der Waals surface area contributed by atoms with E-state index in [1.54, 1.807) is 6.07 Å². The Morgan fingerprint density at radius 2 is 2.16 bits per heavy atom. The minimum Gasteiger partial charge on any atom is -0.434 e. The van der Waals surface area contributed by atoms with Crippen molar-refractivity contribution in [3.63, 3.8) is 0 Å². The van der Waals surface area contributed by atoms with Crippen molar-refractivity contribution in [1.29, 1.82) is 0 Å². The number of para-hydroxylation sites is 1. The lowest BCUT2D eigenvalue weighted by Gasteiger charge is -2.30. The first-order valence-corrected chi connectivity index (χ1v) is 6.09. The van der Waals surface area contributed by atoms with Gasteiger partial charge in [-0.1, -0.05) is 12.1 Å². The molecule has 1 aromatic carbocycles. The highest BCUT2D eigenvalue weighted by atomic mass is 19.3. The number of β-amino-alcohol motifs (C(OH)–C–C–N with tert-alkyl or cyclic N) is 1. The molecule has 1 atom stereocenters. The summed E-state index contributed by atoms with van der Waals surface area (Å²) in [7, 11) is 0. The van der Waals surface area contributed by atoms with Crippen molar-refractivity contribution in [2.45, 2.75) is 25.6 Å². The molecule has 104 valence electrons. The summed E-state index contributed by atoms with van der Waals surface area (Å²) >= 11 is 0. The number of alkyl halides is 2. The number of amides is 1. The predicted octanol–water partition coefficient (Wildman–Crippen LogP) is 1.88. The Labute approximate surface area is 109 Å². The van der Waals surface area contributed by atoms with Gasteiger partial charge in [-0.2, -0.15) is 8.78 Å². The summed E-state index contributed by atoms with van der Waals surface area (Å²) in [6.45, 7) is -2.23. The number of halogens is 2. The molecule has 19 heavy (non-hydrogen) atoms. The average Bonchev–Trinajstić information content (AvgIpc) is 2.38. The van der Waals surface area contributed by atoms with Crippen LogP contribution < -0.4 is 4.74 Å². The number of aliphatic hydroxyl groups excluding tert-OH is 1. The fourth-order valence-corrected chi connectivity index (χ4v) is 2.15. The van der Waals surface area contributed by atoms with Gasteiger partial charge in [0.1, 0.15) is 5.75 Å². The van der Waals surface area contributed by atoms with Crippen LogP contribution in [0.3, 0.4) is 0 Å². The molecule has 0 spiro atoms. The summed E-state index contributed by atoms with van der Waals surface area (Å²) in [6.07, 6.45) is 0.796. The predicted molar refractivity (Wildman–Crippen MR) is 64.2 cm³/mol. The van der Waals surface area contributed by atoms with Gasteiger partial charge in [-0.25, -0.2) is 0 Å². The van der Waals surface area contributed by atoms with E-state index in [4.69, 9.17) is 0 Å². The Bertz CT molecular complexity index is 453. The van der Waals surface area contributed by atoms with Crippen LogP contribution in [0.5, 0.6) is 5.75 Å². The molecule has 1 unspecified atom stereocenters. The molecule has 1 aliphatic heterocycles. The standard InChI is InChI=1S/C13H15F2NO3/c14-13(15)19-11-6-2-1-5-10(11)12(18)16-7-3-4-9(17)8-16/h1-2,5-6,9,13,17H,3-4,7-8H2. The van der Waals surface area contributed by atoms with Crippen molar-refractivity contribution in [3.8, 4) is 5.75 Å². The van der Waals surface area contributed by atoms with Crippen molar-refractivity contribution in [3.05, 3.63) is 29.8 Å². The SMILES string of the molecule is O=C(c1ccccc1OC(F)F)N1CCCC(O)C1. The zero-order valence-corrected chi connectivity index (χ0v) is 10.3. The van der Waals surface area contributed by atoms with Gasteiger partial charge in [-0.15, -0.1) is 0 Å². The first-order valence-electron chi connectivity index (χ1n) is 6.09. The van der Waals surface area contributed by atoms with Crippen LogP contribution in [0, 0.1) is 0 Å². The number of piperidine rings is 1. The molecule has 6 heteroatoms. The molecule has 1 N–H and O–H groups in total. The van der Waals surface area contributed by atoms with Crippen LogP contribution in [0.2, 0.25) is 0 Å². The lowest BCUT2D eigenvalue weighted by Crippen LogP contribution is -2.42. The van der Waals surface area contributed by atoms with E-state index in [2.05, 4.69) is 4.74 Å². The van der Waals surface area contributed by atoms with E-state index in [0.717, 1.165) is 0 Å². The van der Waals surface area contributed by atoms with Crippen molar-refractivity contribution in [2.24, 2.45) is 0 Å². The number of hydrogen-bond acceptors (Lipinski definition) is 3. The summed E-state index contributed by atoms with van der Waals surface area (Å²) in [5, 5.41) is 9.54. The molecular formula is C13H15F2NO3. The number of rotatable bonds is 3. The van der Waals surface area contributed by atoms with Gasteiger partial charge in [0.15, 0.2) is 0 Å². The van der Waals surface area contributed by atoms with E-state index >= 15 is 0 Å². The molecule has 1 aliphatic rings. The molecule has 0 aromatic heterocycles. The molecule has 0 radical (unpaired) electrons. The summed E-state index contributed by atoms with van der Waals surface area (Å²) in [5.74, 6) is -0.530. The number of carbonyl (C=O) groups is 1. The van der Waals surface area contributed by atoms with E-state index in [0.29, 0.717) is 19.4 Å². The van der Waals surface area contributed by atoms with Crippen molar-refractivity contribution in [2.75, 3.05) is 13.1 Å². The molecule has 0 saturated carbocycles. The minimum atomic E-state index is -2.97. The molecule has 1 amide bonds. The van der Waals surface area contributed by atoms with Crippen LogP contribution in [-0.2, 0) is 0 Å². The van der Waals surface area contributed by atoms with E-state index in [1.165, 1.54) is 23.1 Å². The van der Waals surface area contributed by atoms with Crippen LogP contribution in [0.1, 0.15) is 23.2 Å². The van der Waals surface area contributed by atoms with Crippen LogP contribution >= 0.6 is 0 Å². The minimum absolute atomic E-state index is 0.0944. The first-order chi connectivity index (χ1) is 9.08. The highest BCUT2D eigenvalue weighted by Crippen LogP contribution is 2.23. The third-order valence-corrected chi connectivity index (χ3v) is 3.02. The Kier molecular flexibility index (Phi) is 4.31. The molecular weight excluding hydrogens is 256 g/mol. The summed E-state index contributed by atoms with van der Waals surface area (Å²) in [6, 6.07) is 5.90. The van der Waals surface area contributed by atoms with Gasteiger partial charge in [0.2, 0.25) is 0 Å². The van der Waals surface area contributed by atoms with E-state index in [1.807, 2.05) is 0 Å². The number of ether oxygens (including phenoxy) is 1. The zero-order valence-electron chi connectivity index (χ0n) is 10.3. The maximum Gasteiger partial charge on any atom is 0.387 e. The Hall–Kier alpha value is -1.69. The van der Waals surface area contributed by atoms with Gasteiger partial charge >= 0.3 is 6.61 Å². The molecule has 1 aromatic rings. The zero-order chi connectivity index (χ0) is 13.8. The van der Waals surface area contributed by atoms with Gasteiger partial charge in [-0.05, 0) is 25.0 Å². The highest BCUT2D eigenvalue weighted by molar-refractivity contribution is 5.97. The van der Waals surface area contributed by atoms with Crippen LogP contribution in [0.15, 0.2) is 24.3 Å². The largest absolute Gasteiger partial charge is 0.434 e. The Morgan fingerprint density at radius 3 is 2.84 bits per heavy atom. The van der Waals surface area contributed by atoms with E-state index < -0.39 is 18.6 Å². The number of carbonyl (C=O) groups excluding carboxylic acids is 1. The van der Waals surface area contributed by atoms with Gasteiger partial charge in [0, 0.05) is 13.1 Å². The normalized spacial score (nSPS) is 19.6. The van der Waals surface area contributed by atoms with Gasteiger partial charge < -0.3 is 14.7 Å². The maximum atomic E-state index is 12.3. The van der Waals surface area contributed by atoms with Crippen LogP contribution in [0.25, 0.3) is 0 Å². The van der Waals surface area contributed by atoms with Gasteiger partial charge in [-0.3, -0.25) is 4.79 Å². The van der Waals surface area contributed by atoms with Gasteiger partial charge in [0.25, 0.3) is 5.91 Å². The topological polar surface area (TPSA) is 49.8 Å². The quantitative estimate of drug-likeness (QED) is 0.913. The van der Waals surface area contributed by atoms with Crippen LogP contribution in [0.4, 0.5) is 8.78 Å². The summed E-state index contributed by atoms with van der Waals surface area (Å²) in [4.78, 5) is 13.7. The van der Waals surface area contributed by atoms with E-state index in [9.17, 15) is 18.7 Å². The smallest absolute Gasteiger partial charge is 0.387 e. The second-order valence-electron chi connectivity index (χ2n) is 4.42. The van der Waals surface area contributed by atoms with Crippen LogP contribution in [-0.4, -0.2) is 41.7 Å². The molecule has 0 aliphatic carbocycles. The number of aliphatic hydroxyl groups is 1.